The highest BCUT2D eigenvalue weighted by atomic mass is 32.1. The lowest BCUT2D eigenvalue weighted by Gasteiger charge is -2.13. The Balaban J connectivity index is 1.26. The quantitative estimate of drug-likeness (QED) is 0.173. The average molecular weight is 695 g/mol. The van der Waals surface area contributed by atoms with E-state index >= 15 is 0 Å². The van der Waals surface area contributed by atoms with Gasteiger partial charge in [0.2, 0.25) is 5.95 Å². The molecule has 53 heavy (non-hydrogen) atoms. The van der Waals surface area contributed by atoms with E-state index in [4.69, 9.17) is 19.4 Å². The number of furan rings is 1. The summed E-state index contributed by atoms with van der Waals surface area (Å²) in [7, 11) is 0. The standard InChI is InChI=1S/C47H26N4OS/c1-2-12-27(13-3-1)45-48-46(28-22-23-32-31-16-8-10-20-37(31)52-38(32)26-28)50-47(49-45)51-36-24-25-40-41(35-19-9-11-21-39(35)53-40)43(36)42-33-17-6-4-14-29(33)30-15-5-7-18-34(30)44(42)51/h1-26H. The molecule has 0 unspecified atom stereocenters. The average Bonchev–Trinajstić information content (AvgIpc) is 3.90. The molecule has 0 saturated carbocycles. The van der Waals surface area contributed by atoms with E-state index in [2.05, 4.69) is 126 Å². The van der Waals surface area contributed by atoms with Gasteiger partial charge in [0, 0.05) is 58.2 Å². The summed E-state index contributed by atoms with van der Waals surface area (Å²) >= 11 is 1.84. The van der Waals surface area contributed by atoms with E-state index in [1.54, 1.807) is 0 Å². The third-order valence-electron chi connectivity index (χ3n) is 10.6. The van der Waals surface area contributed by atoms with Crippen LogP contribution in [0.15, 0.2) is 162 Å². The molecular weight excluding hydrogens is 669 g/mol. The van der Waals surface area contributed by atoms with Gasteiger partial charge in [-0.3, -0.25) is 4.57 Å². The molecule has 4 heterocycles. The Hall–Kier alpha value is -6.89. The molecular formula is C47H26N4OS. The van der Waals surface area contributed by atoms with Gasteiger partial charge in [-0.2, -0.15) is 9.97 Å². The van der Waals surface area contributed by atoms with Crippen LogP contribution in [0.1, 0.15) is 0 Å². The molecule has 0 aliphatic heterocycles. The van der Waals surface area contributed by atoms with Crippen molar-refractivity contribution in [1.29, 1.82) is 0 Å². The summed E-state index contributed by atoms with van der Waals surface area (Å²) in [6, 6.07) is 55.4. The second-order valence-corrected chi connectivity index (χ2v) is 14.6. The van der Waals surface area contributed by atoms with Crippen LogP contribution in [0.25, 0.3) is 114 Å². The molecule has 5 nitrogen and oxygen atoms in total. The van der Waals surface area contributed by atoms with E-state index in [1.165, 1.54) is 47.1 Å². The molecule has 0 aliphatic carbocycles. The van der Waals surface area contributed by atoms with Gasteiger partial charge in [-0.15, -0.1) is 11.3 Å². The Kier molecular flexibility index (Phi) is 5.87. The molecule has 4 aromatic heterocycles. The predicted octanol–water partition coefficient (Wildman–Crippen LogP) is 12.9. The summed E-state index contributed by atoms with van der Waals surface area (Å²) in [5.74, 6) is 1.76. The Bertz CT molecular complexity index is 3470. The van der Waals surface area contributed by atoms with Gasteiger partial charge < -0.3 is 4.42 Å². The van der Waals surface area contributed by atoms with Crippen molar-refractivity contribution in [1.82, 2.24) is 19.5 Å². The van der Waals surface area contributed by atoms with Crippen molar-refractivity contribution >= 4 is 96.8 Å². The van der Waals surface area contributed by atoms with Crippen molar-refractivity contribution in [3.05, 3.63) is 158 Å². The summed E-state index contributed by atoms with van der Waals surface area (Å²) in [4.78, 5) is 15.8. The van der Waals surface area contributed by atoms with Crippen molar-refractivity contribution in [2.45, 2.75) is 0 Å². The molecule has 0 fully saturated rings. The fourth-order valence-electron chi connectivity index (χ4n) is 8.36. The number of nitrogens with zero attached hydrogens (tertiary/aromatic N) is 4. The van der Waals surface area contributed by atoms with Crippen LogP contribution in [0, 0.1) is 0 Å². The monoisotopic (exact) mass is 694 g/mol. The Morgan fingerprint density at radius 2 is 1.06 bits per heavy atom. The third kappa shape index (κ3) is 4.09. The summed E-state index contributed by atoms with van der Waals surface area (Å²) < 4.78 is 11.1. The second-order valence-electron chi connectivity index (χ2n) is 13.5. The largest absolute Gasteiger partial charge is 0.456 e. The third-order valence-corrected chi connectivity index (χ3v) is 11.8. The smallest absolute Gasteiger partial charge is 0.238 e. The van der Waals surface area contributed by atoms with Crippen LogP contribution in [-0.4, -0.2) is 19.5 Å². The summed E-state index contributed by atoms with van der Waals surface area (Å²) in [5, 5.41) is 11.9. The van der Waals surface area contributed by atoms with Crippen LogP contribution < -0.4 is 0 Å². The second kappa shape index (κ2) is 10.8. The van der Waals surface area contributed by atoms with Gasteiger partial charge in [-0.25, -0.2) is 4.98 Å². The highest BCUT2D eigenvalue weighted by Gasteiger charge is 2.24. The maximum atomic E-state index is 6.33. The zero-order valence-electron chi connectivity index (χ0n) is 28.1. The number of hydrogen-bond donors (Lipinski definition) is 0. The van der Waals surface area contributed by atoms with E-state index in [1.807, 2.05) is 47.7 Å². The Morgan fingerprint density at radius 1 is 0.415 bits per heavy atom. The normalized spacial score (nSPS) is 12.2. The van der Waals surface area contributed by atoms with Crippen LogP contribution in [0.4, 0.5) is 0 Å². The molecule has 12 rings (SSSR count). The summed E-state index contributed by atoms with van der Waals surface area (Å²) in [5.41, 5.74) is 5.58. The minimum atomic E-state index is 0.567. The van der Waals surface area contributed by atoms with E-state index in [9.17, 15) is 0 Å². The van der Waals surface area contributed by atoms with Crippen molar-refractivity contribution in [3.63, 3.8) is 0 Å². The lowest BCUT2D eigenvalue weighted by atomic mass is 9.95. The highest BCUT2D eigenvalue weighted by molar-refractivity contribution is 7.26. The van der Waals surface area contributed by atoms with Crippen molar-refractivity contribution in [3.8, 4) is 28.7 Å². The highest BCUT2D eigenvalue weighted by Crippen LogP contribution is 2.47. The van der Waals surface area contributed by atoms with Gasteiger partial charge in [0.1, 0.15) is 11.2 Å². The molecule has 6 heteroatoms. The van der Waals surface area contributed by atoms with Crippen LogP contribution >= 0.6 is 11.3 Å². The maximum absolute atomic E-state index is 6.33. The zero-order chi connectivity index (χ0) is 34.6. The first-order valence-electron chi connectivity index (χ1n) is 17.7. The van der Waals surface area contributed by atoms with Gasteiger partial charge >= 0.3 is 0 Å². The molecule has 246 valence electrons. The molecule has 0 saturated heterocycles. The lowest BCUT2D eigenvalue weighted by Crippen LogP contribution is -2.06. The van der Waals surface area contributed by atoms with Gasteiger partial charge in [-0.05, 0) is 52.6 Å². The minimum absolute atomic E-state index is 0.567. The molecule has 0 amide bonds. The minimum Gasteiger partial charge on any atom is -0.456 e. The topological polar surface area (TPSA) is 56.7 Å². The van der Waals surface area contributed by atoms with Gasteiger partial charge in [0.15, 0.2) is 11.6 Å². The van der Waals surface area contributed by atoms with Crippen LogP contribution in [-0.2, 0) is 0 Å². The van der Waals surface area contributed by atoms with E-state index in [0.717, 1.165) is 49.5 Å². The predicted molar refractivity (Wildman–Crippen MR) is 220 cm³/mol. The molecule has 12 aromatic rings. The Morgan fingerprint density at radius 3 is 1.89 bits per heavy atom. The number of hydrogen-bond acceptors (Lipinski definition) is 5. The number of benzene rings is 8. The van der Waals surface area contributed by atoms with Crippen molar-refractivity contribution in [2.75, 3.05) is 0 Å². The van der Waals surface area contributed by atoms with Gasteiger partial charge in [-0.1, -0.05) is 121 Å². The fraction of sp³-hybridized carbons (Fsp3) is 0. The Labute approximate surface area is 306 Å². The fourth-order valence-corrected chi connectivity index (χ4v) is 9.47. The first-order valence-corrected chi connectivity index (χ1v) is 18.5. The van der Waals surface area contributed by atoms with E-state index in [-0.39, 0.29) is 0 Å². The van der Waals surface area contributed by atoms with E-state index in [0.29, 0.717) is 17.6 Å². The van der Waals surface area contributed by atoms with Crippen LogP contribution in [0.5, 0.6) is 0 Å². The first kappa shape index (κ1) is 28.8. The maximum Gasteiger partial charge on any atom is 0.238 e. The van der Waals surface area contributed by atoms with Crippen molar-refractivity contribution < 1.29 is 4.42 Å². The lowest BCUT2D eigenvalue weighted by molar-refractivity contribution is 0.669. The van der Waals surface area contributed by atoms with Crippen LogP contribution in [0.2, 0.25) is 0 Å². The van der Waals surface area contributed by atoms with Crippen molar-refractivity contribution in [2.24, 2.45) is 0 Å². The molecule has 0 radical (unpaired) electrons. The molecule has 8 aromatic carbocycles. The van der Waals surface area contributed by atoms with Gasteiger partial charge in [0.05, 0.1) is 11.0 Å². The van der Waals surface area contributed by atoms with Crippen LogP contribution in [0.3, 0.4) is 0 Å². The summed E-state index contributed by atoms with van der Waals surface area (Å²) in [6.07, 6.45) is 0. The number of rotatable bonds is 3. The summed E-state index contributed by atoms with van der Waals surface area (Å²) in [6.45, 7) is 0. The number of fused-ring (bicyclic) bond motifs is 15. The molecule has 0 atom stereocenters. The molecule has 0 N–H and O–H groups in total. The first-order chi connectivity index (χ1) is 26.3. The number of para-hydroxylation sites is 1. The molecule has 0 spiro atoms. The number of thiophene rings is 1. The van der Waals surface area contributed by atoms with Gasteiger partial charge in [0.25, 0.3) is 0 Å². The number of aromatic nitrogens is 4. The molecule has 0 bridgehead atoms. The zero-order valence-corrected chi connectivity index (χ0v) is 28.9. The van der Waals surface area contributed by atoms with E-state index < -0.39 is 0 Å². The molecule has 0 aliphatic rings. The SMILES string of the molecule is c1ccc(-c2nc(-c3ccc4c(c3)oc3ccccc34)nc(-n3c4ccc5sc6ccccc6c5c4c4c5ccccc5c5ccccc5c43)n2)cc1.